The van der Waals surface area contributed by atoms with Crippen LogP contribution >= 0.6 is 0 Å². The first-order valence-corrected chi connectivity index (χ1v) is 9.46. The molecule has 6 nitrogen and oxygen atoms in total. The molecule has 0 saturated heterocycles. The van der Waals surface area contributed by atoms with Crippen molar-refractivity contribution < 1.29 is 9.59 Å². The standard InChI is InChI=1S/C23H24N4O2/c1-14(2)20(16-9-11-17(12-10-16)21(24)28)27-23(29)19-13-25-22(26-15(19)3)18-7-5-4-6-8-18/h4-14,20H,1-3H3,(H2,24,28)(H,27,29). The van der Waals surface area contributed by atoms with Gasteiger partial charge < -0.3 is 11.1 Å². The van der Waals surface area contributed by atoms with Gasteiger partial charge in [-0.25, -0.2) is 9.97 Å². The van der Waals surface area contributed by atoms with Gasteiger partial charge in [-0.3, -0.25) is 9.59 Å². The molecule has 148 valence electrons. The Hall–Kier alpha value is -3.54. The van der Waals surface area contributed by atoms with Crippen LogP contribution in [0, 0.1) is 12.8 Å². The van der Waals surface area contributed by atoms with Crippen molar-refractivity contribution in [2.75, 3.05) is 0 Å². The van der Waals surface area contributed by atoms with Crippen LogP contribution in [-0.2, 0) is 0 Å². The highest BCUT2D eigenvalue weighted by Gasteiger charge is 2.21. The summed E-state index contributed by atoms with van der Waals surface area (Å²) in [5, 5.41) is 3.06. The Morgan fingerprint density at radius 2 is 1.66 bits per heavy atom. The lowest BCUT2D eigenvalue weighted by molar-refractivity contribution is 0.0923. The van der Waals surface area contributed by atoms with Gasteiger partial charge in [-0.05, 0) is 30.5 Å². The molecule has 0 saturated carbocycles. The zero-order valence-electron chi connectivity index (χ0n) is 16.7. The van der Waals surface area contributed by atoms with Crippen molar-refractivity contribution in [3.8, 4) is 11.4 Å². The fourth-order valence-electron chi connectivity index (χ4n) is 3.12. The second kappa shape index (κ2) is 8.65. The van der Waals surface area contributed by atoms with Gasteiger partial charge in [0, 0.05) is 17.3 Å². The molecule has 0 aliphatic heterocycles. The van der Waals surface area contributed by atoms with Gasteiger partial charge in [0.2, 0.25) is 5.91 Å². The molecule has 0 spiro atoms. The van der Waals surface area contributed by atoms with Crippen molar-refractivity contribution in [1.82, 2.24) is 15.3 Å². The SMILES string of the molecule is Cc1nc(-c2ccccc2)ncc1C(=O)NC(c1ccc(C(N)=O)cc1)C(C)C. The third-order valence-corrected chi connectivity index (χ3v) is 4.76. The predicted octanol–water partition coefficient (Wildman–Crippen LogP) is 3.68. The monoisotopic (exact) mass is 388 g/mol. The third kappa shape index (κ3) is 4.66. The number of benzene rings is 2. The van der Waals surface area contributed by atoms with E-state index < -0.39 is 5.91 Å². The van der Waals surface area contributed by atoms with Gasteiger partial charge in [0.1, 0.15) is 0 Å². The Morgan fingerprint density at radius 1 is 1.00 bits per heavy atom. The Bertz CT molecular complexity index is 1010. The Balaban J connectivity index is 1.82. The highest BCUT2D eigenvalue weighted by Crippen LogP contribution is 2.23. The highest BCUT2D eigenvalue weighted by molar-refractivity contribution is 5.95. The molecule has 1 atom stereocenters. The minimum absolute atomic E-state index is 0.142. The number of hydrogen-bond donors (Lipinski definition) is 2. The van der Waals surface area contributed by atoms with Gasteiger partial charge in [-0.1, -0.05) is 56.3 Å². The van der Waals surface area contributed by atoms with Crippen LogP contribution in [0.1, 0.15) is 51.9 Å². The topological polar surface area (TPSA) is 98.0 Å². The summed E-state index contributed by atoms with van der Waals surface area (Å²) in [6.45, 7) is 5.85. The lowest BCUT2D eigenvalue weighted by atomic mass is 9.94. The van der Waals surface area contributed by atoms with Gasteiger partial charge in [0.25, 0.3) is 5.91 Å². The van der Waals surface area contributed by atoms with Crippen molar-refractivity contribution in [2.24, 2.45) is 11.7 Å². The van der Waals surface area contributed by atoms with Crippen molar-refractivity contribution in [3.05, 3.63) is 83.2 Å². The number of nitrogens with two attached hydrogens (primary N) is 1. The van der Waals surface area contributed by atoms with E-state index in [-0.39, 0.29) is 17.9 Å². The highest BCUT2D eigenvalue weighted by atomic mass is 16.2. The van der Waals surface area contributed by atoms with Crippen molar-refractivity contribution in [2.45, 2.75) is 26.8 Å². The minimum Gasteiger partial charge on any atom is -0.366 e. The average Bonchev–Trinajstić information content (AvgIpc) is 2.72. The minimum atomic E-state index is -0.479. The molecule has 3 aromatic rings. The van der Waals surface area contributed by atoms with E-state index in [9.17, 15) is 9.59 Å². The van der Waals surface area contributed by atoms with E-state index >= 15 is 0 Å². The van der Waals surface area contributed by atoms with Crippen molar-refractivity contribution in [3.63, 3.8) is 0 Å². The van der Waals surface area contributed by atoms with E-state index in [2.05, 4.69) is 15.3 Å². The average molecular weight is 388 g/mol. The maximum atomic E-state index is 12.9. The van der Waals surface area contributed by atoms with Crippen LogP contribution in [0.2, 0.25) is 0 Å². The molecular weight excluding hydrogens is 364 g/mol. The first-order chi connectivity index (χ1) is 13.9. The molecule has 1 aromatic heterocycles. The molecule has 2 aromatic carbocycles. The largest absolute Gasteiger partial charge is 0.366 e. The number of nitrogens with zero attached hydrogens (tertiary/aromatic N) is 2. The lowest BCUT2D eigenvalue weighted by Crippen LogP contribution is -2.32. The molecule has 0 bridgehead atoms. The molecule has 2 amide bonds. The summed E-state index contributed by atoms with van der Waals surface area (Å²) in [5.74, 6) is 0.0121. The van der Waals surface area contributed by atoms with Gasteiger partial charge in [0.15, 0.2) is 5.82 Å². The molecule has 1 unspecified atom stereocenters. The van der Waals surface area contributed by atoms with Crippen LogP contribution in [0.5, 0.6) is 0 Å². The third-order valence-electron chi connectivity index (χ3n) is 4.76. The second-order valence-corrected chi connectivity index (χ2v) is 7.24. The molecule has 0 aliphatic rings. The molecule has 0 fully saturated rings. The molecule has 0 radical (unpaired) electrons. The van der Waals surface area contributed by atoms with E-state index in [1.807, 2.05) is 56.3 Å². The Labute approximate surface area is 170 Å². The van der Waals surface area contributed by atoms with Gasteiger partial charge in [-0.15, -0.1) is 0 Å². The van der Waals surface area contributed by atoms with Gasteiger partial charge in [-0.2, -0.15) is 0 Å². The molecule has 3 rings (SSSR count). The number of amides is 2. The first-order valence-electron chi connectivity index (χ1n) is 9.46. The number of carbonyl (C=O) groups is 2. The predicted molar refractivity (Wildman–Crippen MR) is 112 cm³/mol. The zero-order valence-corrected chi connectivity index (χ0v) is 16.7. The lowest BCUT2D eigenvalue weighted by Gasteiger charge is -2.23. The number of carbonyl (C=O) groups excluding carboxylic acids is 2. The summed E-state index contributed by atoms with van der Waals surface area (Å²) < 4.78 is 0. The van der Waals surface area contributed by atoms with E-state index in [1.165, 1.54) is 0 Å². The molecule has 1 heterocycles. The van der Waals surface area contributed by atoms with E-state index in [4.69, 9.17) is 5.73 Å². The summed E-state index contributed by atoms with van der Waals surface area (Å²) >= 11 is 0. The maximum absolute atomic E-state index is 12.9. The number of nitrogens with one attached hydrogen (secondary N) is 1. The Morgan fingerprint density at radius 3 is 2.21 bits per heavy atom. The maximum Gasteiger partial charge on any atom is 0.255 e. The van der Waals surface area contributed by atoms with Crippen molar-refractivity contribution >= 4 is 11.8 Å². The summed E-state index contributed by atoms with van der Waals surface area (Å²) in [7, 11) is 0. The van der Waals surface area contributed by atoms with Crippen LogP contribution in [0.25, 0.3) is 11.4 Å². The van der Waals surface area contributed by atoms with Gasteiger partial charge >= 0.3 is 0 Å². The quantitative estimate of drug-likeness (QED) is 0.673. The molecule has 6 heteroatoms. The van der Waals surface area contributed by atoms with Gasteiger partial charge in [0.05, 0.1) is 17.3 Å². The fourth-order valence-corrected chi connectivity index (χ4v) is 3.12. The molecule has 0 aliphatic carbocycles. The van der Waals surface area contributed by atoms with E-state index in [0.717, 1.165) is 11.1 Å². The van der Waals surface area contributed by atoms with Crippen LogP contribution in [0.4, 0.5) is 0 Å². The zero-order chi connectivity index (χ0) is 21.0. The van der Waals surface area contributed by atoms with Crippen molar-refractivity contribution in [1.29, 1.82) is 0 Å². The number of aryl methyl sites for hydroxylation is 1. The second-order valence-electron chi connectivity index (χ2n) is 7.24. The number of aromatic nitrogens is 2. The molecule has 29 heavy (non-hydrogen) atoms. The van der Waals surface area contributed by atoms with E-state index in [1.54, 1.807) is 25.3 Å². The summed E-state index contributed by atoms with van der Waals surface area (Å²) in [5.41, 5.74) is 8.59. The van der Waals surface area contributed by atoms with Crippen LogP contribution in [0.3, 0.4) is 0 Å². The summed E-state index contributed by atoms with van der Waals surface area (Å²) in [4.78, 5) is 33.1. The molecule has 3 N–H and O–H groups in total. The smallest absolute Gasteiger partial charge is 0.255 e. The summed E-state index contributed by atoms with van der Waals surface area (Å²) in [6, 6.07) is 16.4. The number of rotatable bonds is 6. The first kappa shape index (κ1) is 20.2. The Kier molecular flexibility index (Phi) is 6.02. The molecular formula is C23H24N4O2. The van der Waals surface area contributed by atoms with Crippen LogP contribution in [-0.4, -0.2) is 21.8 Å². The van der Waals surface area contributed by atoms with E-state index in [0.29, 0.717) is 22.6 Å². The fraction of sp³-hybridized carbons (Fsp3) is 0.217. The van der Waals surface area contributed by atoms with Crippen LogP contribution < -0.4 is 11.1 Å². The number of hydrogen-bond acceptors (Lipinski definition) is 4. The normalized spacial score (nSPS) is 11.9. The summed E-state index contributed by atoms with van der Waals surface area (Å²) in [6.07, 6.45) is 1.56. The number of primary amides is 1. The van der Waals surface area contributed by atoms with Crippen LogP contribution in [0.15, 0.2) is 60.8 Å².